The molecule has 0 aromatic carbocycles. The van der Waals surface area contributed by atoms with E-state index in [1.165, 1.54) is 24.1 Å². The molecule has 88 valence electrons. The van der Waals surface area contributed by atoms with Gasteiger partial charge in [-0.15, -0.1) is 0 Å². The maximum atomic E-state index is 2.55. The van der Waals surface area contributed by atoms with E-state index in [0.29, 0.717) is 12.1 Å². The molecule has 0 radical (unpaired) electrons. The van der Waals surface area contributed by atoms with E-state index in [9.17, 15) is 0 Å². The Kier molecular flexibility index (Phi) is 3.29. The first-order valence-corrected chi connectivity index (χ1v) is 6.34. The Hall–Kier alpha value is -0.890. The molecule has 0 atom stereocenters. The molecule has 0 N–H and O–H groups in total. The Labute approximate surface area is 98.9 Å². The predicted octanol–water partition coefficient (Wildman–Crippen LogP) is 2.32. The van der Waals surface area contributed by atoms with Gasteiger partial charge in [0, 0.05) is 30.8 Å². The molecular formula is C14H23N2+. The number of aromatic nitrogens is 1. The molecule has 2 rings (SSSR count). The Bertz CT molecular complexity index is 369. The normalized spacial score (nSPS) is 16.9. The van der Waals surface area contributed by atoms with Gasteiger partial charge >= 0.3 is 0 Å². The van der Waals surface area contributed by atoms with Gasteiger partial charge in [0.2, 0.25) is 0 Å². The van der Waals surface area contributed by atoms with Gasteiger partial charge in [-0.3, -0.25) is 4.90 Å². The van der Waals surface area contributed by atoms with E-state index < -0.39 is 0 Å². The number of nitrogens with zero attached hydrogens (tertiary/aromatic N) is 2. The molecule has 1 aromatic heterocycles. The van der Waals surface area contributed by atoms with Crippen molar-refractivity contribution in [3.63, 3.8) is 0 Å². The van der Waals surface area contributed by atoms with Gasteiger partial charge in [0.25, 0.3) is 0 Å². The van der Waals surface area contributed by atoms with Gasteiger partial charge in [-0.1, -0.05) is 0 Å². The van der Waals surface area contributed by atoms with E-state index >= 15 is 0 Å². The lowest BCUT2D eigenvalue weighted by Gasteiger charge is -2.31. The van der Waals surface area contributed by atoms with Crippen molar-refractivity contribution in [1.29, 1.82) is 0 Å². The monoisotopic (exact) mass is 219 g/mol. The van der Waals surface area contributed by atoms with Gasteiger partial charge in [0.15, 0.2) is 18.4 Å². The average Bonchev–Trinajstić information content (AvgIpc) is 2.27. The second-order valence-electron chi connectivity index (χ2n) is 5.35. The number of rotatable bonds is 2. The molecule has 1 aliphatic heterocycles. The van der Waals surface area contributed by atoms with Crippen molar-refractivity contribution in [2.75, 3.05) is 6.54 Å². The van der Waals surface area contributed by atoms with E-state index in [2.05, 4.69) is 55.6 Å². The van der Waals surface area contributed by atoms with Crippen LogP contribution < -0.4 is 4.57 Å². The summed E-state index contributed by atoms with van der Waals surface area (Å²) in [5.41, 5.74) is 3.05. The van der Waals surface area contributed by atoms with Crippen LogP contribution in [-0.4, -0.2) is 17.5 Å². The molecule has 2 heterocycles. The summed E-state index contributed by atoms with van der Waals surface area (Å²) < 4.78 is 2.31. The van der Waals surface area contributed by atoms with Gasteiger partial charge in [-0.05, 0) is 39.7 Å². The van der Waals surface area contributed by atoms with Crippen LogP contribution in [0, 0.1) is 0 Å². The summed E-state index contributed by atoms with van der Waals surface area (Å²) in [6.45, 7) is 11.3. The molecule has 0 aliphatic carbocycles. The summed E-state index contributed by atoms with van der Waals surface area (Å²) in [4.78, 5) is 2.55. The van der Waals surface area contributed by atoms with Gasteiger partial charge < -0.3 is 0 Å². The van der Waals surface area contributed by atoms with Crippen molar-refractivity contribution in [3.05, 3.63) is 29.6 Å². The van der Waals surface area contributed by atoms with Crippen LogP contribution in [-0.2, 0) is 13.0 Å². The highest BCUT2D eigenvalue weighted by atomic mass is 15.1. The lowest BCUT2D eigenvalue weighted by Crippen LogP contribution is -2.40. The molecular weight excluding hydrogens is 196 g/mol. The van der Waals surface area contributed by atoms with Crippen molar-refractivity contribution in [3.8, 4) is 0 Å². The smallest absolute Gasteiger partial charge is 0.173 e. The summed E-state index contributed by atoms with van der Waals surface area (Å²) in [6, 6.07) is 3.51. The Morgan fingerprint density at radius 3 is 2.56 bits per heavy atom. The van der Waals surface area contributed by atoms with Crippen molar-refractivity contribution < 1.29 is 4.57 Å². The first-order valence-electron chi connectivity index (χ1n) is 6.34. The highest BCUT2D eigenvalue weighted by molar-refractivity contribution is 5.23. The van der Waals surface area contributed by atoms with Crippen LogP contribution in [0.5, 0.6) is 0 Å². The molecule has 2 heteroatoms. The first-order chi connectivity index (χ1) is 7.58. The molecule has 0 spiro atoms. The van der Waals surface area contributed by atoms with E-state index in [1.54, 1.807) is 0 Å². The van der Waals surface area contributed by atoms with Crippen LogP contribution in [0.2, 0.25) is 0 Å². The highest BCUT2D eigenvalue weighted by Gasteiger charge is 2.21. The maximum Gasteiger partial charge on any atom is 0.173 e. The topological polar surface area (TPSA) is 7.12 Å². The number of fused-ring (bicyclic) bond motifs is 1. The van der Waals surface area contributed by atoms with Gasteiger partial charge in [0.05, 0.1) is 0 Å². The number of hydrogen-bond acceptors (Lipinski definition) is 1. The number of hydrogen-bond donors (Lipinski definition) is 0. The fourth-order valence-corrected chi connectivity index (χ4v) is 2.30. The molecule has 0 saturated carbocycles. The third kappa shape index (κ3) is 2.27. The summed E-state index contributed by atoms with van der Waals surface area (Å²) in [6.07, 6.45) is 5.75. The molecule has 0 bridgehead atoms. The molecule has 0 amide bonds. The second kappa shape index (κ2) is 4.54. The van der Waals surface area contributed by atoms with E-state index in [1.807, 2.05) is 0 Å². The fourth-order valence-electron chi connectivity index (χ4n) is 2.30. The molecule has 2 nitrogen and oxygen atoms in total. The third-order valence-electron chi connectivity index (χ3n) is 3.53. The van der Waals surface area contributed by atoms with Crippen LogP contribution in [0.4, 0.5) is 0 Å². The Morgan fingerprint density at radius 1 is 1.19 bits per heavy atom. The summed E-state index contributed by atoms with van der Waals surface area (Å²) in [7, 11) is 0. The lowest BCUT2D eigenvalue weighted by atomic mass is 10.0. The fraction of sp³-hybridized carbons (Fsp3) is 0.643. The third-order valence-corrected chi connectivity index (χ3v) is 3.53. The van der Waals surface area contributed by atoms with Gasteiger partial charge in [-0.25, -0.2) is 4.57 Å². The van der Waals surface area contributed by atoms with Crippen LogP contribution in [0.1, 0.15) is 44.9 Å². The zero-order chi connectivity index (χ0) is 11.7. The van der Waals surface area contributed by atoms with Crippen LogP contribution in [0.25, 0.3) is 0 Å². The Balaban J connectivity index is 2.25. The molecule has 1 aliphatic rings. The van der Waals surface area contributed by atoms with Crippen LogP contribution in [0.15, 0.2) is 18.5 Å². The molecule has 0 fully saturated rings. The largest absolute Gasteiger partial charge is 0.296 e. The zero-order valence-electron chi connectivity index (χ0n) is 10.9. The summed E-state index contributed by atoms with van der Waals surface area (Å²) in [5.74, 6) is 0. The van der Waals surface area contributed by atoms with Crippen molar-refractivity contribution >= 4 is 0 Å². The van der Waals surface area contributed by atoms with Crippen molar-refractivity contribution in [2.24, 2.45) is 0 Å². The van der Waals surface area contributed by atoms with Gasteiger partial charge in [-0.2, -0.15) is 0 Å². The SMILES string of the molecule is CC(C)N1CCc2cc[n+](C(C)C)cc2C1. The quantitative estimate of drug-likeness (QED) is 0.692. The molecule has 1 aromatic rings. The molecule has 0 saturated heterocycles. The zero-order valence-corrected chi connectivity index (χ0v) is 10.9. The molecule has 16 heavy (non-hydrogen) atoms. The maximum absolute atomic E-state index is 2.55. The standard InChI is InChI=1S/C14H23N2/c1-11(2)15-7-5-13-6-8-16(12(3)4)10-14(13)9-15/h5,7,9,11-12H,6,8,10H2,1-4H3/q+1. The van der Waals surface area contributed by atoms with Crippen molar-refractivity contribution in [2.45, 2.75) is 52.7 Å². The second-order valence-corrected chi connectivity index (χ2v) is 5.35. The van der Waals surface area contributed by atoms with E-state index in [-0.39, 0.29) is 0 Å². The predicted molar refractivity (Wildman–Crippen MR) is 66.3 cm³/mol. The Morgan fingerprint density at radius 2 is 1.94 bits per heavy atom. The first kappa shape index (κ1) is 11.6. The minimum Gasteiger partial charge on any atom is -0.296 e. The van der Waals surface area contributed by atoms with Crippen LogP contribution >= 0.6 is 0 Å². The van der Waals surface area contributed by atoms with E-state index in [0.717, 1.165) is 6.54 Å². The van der Waals surface area contributed by atoms with Gasteiger partial charge in [0.1, 0.15) is 0 Å². The summed E-state index contributed by atoms with van der Waals surface area (Å²) in [5, 5.41) is 0. The lowest BCUT2D eigenvalue weighted by molar-refractivity contribution is -0.716. The summed E-state index contributed by atoms with van der Waals surface area (Å²) >= 11 is 0. The average molecular weight is 219 g/mol. The van der Waals surface area contributed by atoms with Crippen LogP contribution in [0.3, 0.4) is 0 Å². The van der Waals surface area contributed by atoms with E-state index in [4.69, 9.17) is 0 Å². The highest BCUT2D eigenvalue weighted by Crippen LogP contribution is 2.19. The van der Waals surface area contributed by atoms with Crippen molar-refractivity contribution in [1.82, 2.24) is 4.90 Å². The minimum absolute atomic E-state index is 0.555. The number of pyridine rings is 1. The minimum atomic E-state index is 0.555. The molecule has 0 unspecified atom stereocenters.